The van der Waals surface area contributed by atoms with Crippen LogP contribution in [0.4, 0.5) is 5.82 Å². The Balaban J connectivity index is 2.07. The molecule has 3 heterocycles. The summed E-state index contributed by atoms with van der Waals surface area (Å²) >= 11 is 12.2. The summed E-state index contributed by atoms with van der Waals surface area (Å²) in [7, 11) is 0. The molecule has 4 rings (SSSR count). The van der Waals surface area contributed by atoms with Crippen molar-refractivity contribution in [1.82, 2.24) is 14.5 Å². The summed E-state index contributed by atoms with van der Waals surface area (Å²) in [6, 6.07) is 8.73. The molecule has 1 aliphatic rings. The zero-order chi connectivity index (χ0) is 17.6. The lowest BCUT2D eigenvalue weighted by molar-refractivity contribution is 0.127. The quantitative estimate of drug-likeness (QED) is 0.719. The number of hydrogen-bond acceptors (Lipinski definition) is 5. The third kappa shape index (κ3) is 2.68. The Kier molecular flexibility index (Phi) is 3.95. The van der Waals surface area contributed by atoms with E-state index in [0.717, 1.165) is 11.1 Å². The van der Waals surface area contributed by atoms with E-state index in [1.807, 2.05) is 0 Å². The third-order valence-corrected chi connectivity index (χ3v) is 4.78. The molecule has 0 radical (unpaired) electrons. The maximum absolute atomic E-state index is 12.4. The van der Waals surface area contributed by atoms with Gasteiger partial charge in [0.2, 0.25) is 0 Å². The zero-order valence-corrected chi connectivity index (χ0v) is 14.3. The minimum absolute atomic E-state index is 0.227. The number of rotatable bonds is 2. The van der Waals surface area contributed by atoms with E-state index in [1.54, 1.807) is 42.7 Å². The Bertz CT molecular complexity index is 1020. The second-order valence-electron chi connectivity index (χ2n) is 5.56. The van der Waals surface area contributed by atoms with E-state index in [4.69, 9.17) is 23.2 Å². The third-order valence-electron chi connectivity index (χ3n) is 4.04. The molecule has 1 aromatic carbocycles. The van der Waals surface area contributed by atoms with Gasteiger partial charge in [-0.3, -0.25) is 4.98 Å². The zero-order valence-electron chi connectivity index (χ0n) is 12.8. The number of nitrogens with one attached hydrogen (secondary N) is 1. The number of pyridine rings is 1. The lowest BCUT2D eigenvalue weighted by Crippen LogP contribution is -2.25. The second-order valence-corrected chi connectivity index (χ2v) is 6.38. The van der Waals surface area contributed by atoms with Gasteiger partial charge in [0.1, 0.15) is 5.82 Å². The lowest BCUT2D eigenvalue weighted by atomic mass is 10.00. The first-order valence-corrected chi connectivity index (χ1v) is 8.26. The summed E-state index contributed by atoms with van der Waals surface area (Å²) in [5.41, 5.74) is 2.10. The van der Waals surface area contributed by atoms with Gasteiger partial charge in [0, 0.05) is 23.5 Å². The molecule has 3 aromatic rings. The van der Waals surface area contributed by atoms with Crippen LogP contribution >= 0.6 is 23.2 Å². The molecule has 2 N–H and O–H groups in total. The van der Waals surface area contributed by atoms with E-state index >= 15 is 0 Å². The van der Waals surface area contributed by atoms with E-state index < -0.39 is 11.9 Å². The van der Waals surface area contributed by atoms with Gasteiger partial charge in [0.25, 0.3) is 0 Å². The fourth-order valence-corrected chi connectivity index (χ4v) is 3.20. The van der Waals surface area contributed by atoms with Crippen LogP contribution in [0.5, 0.6) is 0 Å². The molecule has 0 aliphatic carbocycles. The summed E-state index contributed by atoms with van der Waals surface area (Å²) in [6.07, 6.45) is 2.29. The van der Waals surface area contributed by atoms with Crippen molar-refractivity contribution < 1.29 is 5.11 Å². The first-order valence-electron chi connectivity index (χ1n) is 7.50. The molecule has 126 valence electrons. The van der Waals surface area contributed by atoms with Crippen molar-refractivity contribution in [2.24, 2.45) is 0 Å². The Hall–Kier alpha value is -2.41. The molecule has 0 bridgehead atoms. The van der Waals surface area contributed by atoms with Crippen LogP contribution < -0.4 is 11.0 Å². The van der Waals surface area contributed by atoms with Crippen molar-refractivity contribution in [2.45, 2.75) is 6.23 Å². The van der Waals surface area contributed by atoms with Crippen LogP contribution in [0.3, 0.4) is 0 Å². The number of aliphatic hydroxyl groups excluding tert-OH is 1. The fraction of sp³-hybridized carbons (Fsp3) is 0.118. The molecular weight excluding hydrogens is 363 g/mol. The van der Waals surface area contributed by atoms with Gasteiger partial charge in [-0.1, -0.05) is 29.3 Å². The summed E-state index contributed by atoms with van der Waals surface area (Å²) in [5.74, 6) is 0.498. The normalized spacial score (nSPS) is 15.7. The first kappa shape index (κ1) is 16.1. The summed E-state index contributed by atoms with van der Waals surface area (Å²) in [6.45, 7) is 0.227. The van der Waals surface area contributed by atoms with Crippen molar-refractivity contribution in [3.63, 3.8) is 0 Å². The Morgan fingerprint density at radius 1 is 1.12 bits per heavy atom. The molecule has 1 aliphatic heterocycles. The molecule has 2 aromatic heterocycles. The smallest absolute Gasteiger partial charge is 0.351 e. The number of nitrogens with zero attached hydrogens (tertiary/aromatic N) is 3. The predicted molar refractivity (Wildman–Crippen MR) is 96.9 cm³/mol. The van der Waals surface area contributed by atoms with Gasteiger partial charge in [-0.15, -0.1) is 0 Å². The highest BCUT2D eigenvalue weighted by Gasteiger charge is 2.28. The van der Waals surface area contributed by atoms with E-state index in [0.29, 0.717) is 27.1 Å². The monoisotopic (exact) mass is 374 g/mol. The molecule has 0 spiro atoms. The molecule has 25 heavy (non-hydrogen) atoms. The summed E-state index contributed by atoms with van der Waals surface area (Å²) < 4.78 is 1.24. The number of aromatic nitrogens is 3. The number of aliphatic hydroxyl groups is 1. The van der Waals surface area contributed by atoms with Crippen LogP contribution in [0.25, 0.3) is 22.4 Å². The number of hydrogen-bond donors (Lipinski definition) is 2. The highest BCUT2D eigenvalue weighted by molar-refractivity contribution is 6.42. The van der Waals surface area contributed by atoms with Gasteiger partial charge < -0.3 is 10.4 Å². The van der Waals surface area contributed by atoms with Crippen LogP contribution in [-0.2, 0) is 0 Å². The minimum Gasteiger partial charge on any atom is -0.371 e. The van der Waals surface area contributed by atoms with Gasteiger partial charge in [-0.05, 0) is 29.8 Å². The number of β-amino-alcohol motifs (C(OH)–C–C–N with tert-alkyl or cyclic N) is 1. The average Bonchev–Trinajstić information content (AvgIpc) is 3.00. The molecule has 1 atom stereocenters. The standard InChI is InChI=1S/C17H12Cl2N4O2/c18-11-2-1-10(7-12(11)19)14-15(9-3-5-20-6-4-9)22-17(25)23-13(24)8-21-16(14)23/h1-7,13,21,24H,8H2. The highest BCUT2D eigenvalue weighted by atomic mass is 35.5. The molecular formula is C17H12Cl2N4O2. The molecule has 8 heteroatoms. The van der Waals surface area contributed by atoms with E-state index in [9.17, 15) is 9.90 Å². The van der Waals surface area contributed by atoms with Crippen LogP contribution in [0.2, 0.25) is 10.0 Å². The SMILES string of the molecule is O=c1nc(-c2ccncc2)c(-c2ccc(Cl)c(Cl)c2)c2n1C(O)CN2. The van der Waals surface area contributed by atoms with Gasteiger partial charge in [-0.2, -0.15) is 4.98 Å². The van der Waals surface area contributed by atoms with Gasteiger partial charge >= 0.3 is 5.69 Å². The Morgan fingerprint density at radius 3 is 2.60 bits per heavy atom. The molecule has 0 amide bonds. The van der Waals surface area contributed by atoms with Crippen molar-refractivity contribution in [3.05, 3.63) is 63.3 Å². The Morgan fingerprint density at radius 2 is 1.88 bits per heavy atom. The molecule has 1 unspecified atom stereocenters. The van der Waals surface area contributed by atoms with E-state index in [-0.39, 0.29) is 6.54 Å². The van der Waals surface area contributed by atoms with E-state index in [2.05, 4.69) is 15.3 Å². The van der Waals surface area contributed by atoms with Crippen molar-refractivity contribution >= 4 is 29.0 Å². The van der Waals surface area contributed by atoms with Gasteiger partial charge in [0.15, 0.2) is 6.23 Å². The van der Waals surface area contributed by atoms with Gasteiger partial charge in [-0.25, -0.2) is 9.36 Å². The van der Waals surface area contributed by atoms with E-state index in [1.165, 1.54) is 4.57 Å². The van der Waals surface area contributed by atoms with Crippen molar-refractivity contribution in [1.29, 1.82) is 0 Å². The molecule has 0 fully saturated rings. The number of benzene rings is 1. The fourth-order valence-electron chi connectivity index (χ4n) is 2.91. The molecule has 0 saturated heterocycles. The van der Waals surface area contributed by atoms with Crippen LogP contribution in [0.15, 0.2) is 47.5 Å². The number of fused-ring (bicyclic) bond motifs is 1. The second kappa shape index (κ2) is 6.15. The summed E-state index contributed by atoms with van der Waals surface area (Å²) in [4.78, 5) is 20.6. The number of anilines is 1. The Labute approximate surface area is 152 Å². The highest BCUT2D eigenvalue weighted by Crippen LogP contribution is 2.40. The average molecular weight is 375 g/mol. The maximum atomic E-state index is 12.4. The maximum Gasteiger partial charge on any atom is 0.351 e. The van der Waals surface area contributed by atoms with Crippen LogP contribution in [0, 0.1) is 0 Å². The largest absolute Gasteiger partial charge is 0.371 e. The van der Waals surface area contributed by atoms with Gasteiger partial charge in [0.05, 0.1) is 22.3 Å². The van der Waals surface area contributed by atoms with Crippen LogP contribution in [-0.4, -0.2) is 26.2 Å². The minimum atomic E-state index is -0.969. The summed E-state index contributed by atoms with van der Waals surface area (Å²) in [5, 5.41) is 14.0. The molecule has 6 nitrogen and oxygen atoms in total. The topological polar surface area (TPSA) is 80.0 Å². The number of halogens is 2. The van der Waals surface area contributed by atoms with Crippen molar-refractivity contribution in [3.8, 4) is 22.4 Å². The van der Waals surface area contributed by atoms with Crippen molar-refractivity contribution in [2.75, 3.05) is 11.9 Å². The van der Waals surface area contributed by atoms with Crippen LogP contribution in [0.1, 0.15) is 6.23 Å². The predicted octanol–water partition coefficient (Wildman–Crippen LogP) is 3.20. The first-order chi connectivity index (χ1) is 12.1. The molecule has 0 saturated carbocycles. The lowest BCUT2D eigenvalue weighted by Gasteiger charge is -2.15.